The Bertz CT molecular complexity index is 2530. The van der Waals surface area contributed by atoms with Gasteiger partial charge in [-0.1, -0.05) is 48.5 Å². The SMILES string of the molecule is C[C@H]1[C@H](OC(=O)CCC(=O)OCCN(CCOC(=O)CCC(=O)O[C@@H]2O[C@@H]3O[C@]4(C)CC[C@H]5[C@H](C)CC[C@@H]([C@H]2C)[C@@]35OO4)CCOC(=O)CCC(=O)O[C@@H]2O[C@@H]3O[C@]4(C)CC[C@H]5[C@H](C)CC[C@@](C)([C@H]2C)[C@@]35OO4)O[C@@H]2O[C@]3(C)CC[C@H]4[C@H](C)CC[C@@H]1[C@@]24OO3. The van der Waals surface area contributed by atoms with Gasteiger partial charge in [-0.2, -0.15) is 0 Å². The normalized spacial score (nSPS) is 46.3. The second-order valence-electron chi connectivity index (χ2n) is 28.9. The number of nitrogens with zero attached hydrogens (tertiary/aromatic N) is 1. The molecule has 89 heavy (non-hydrogen) atoms. The van der Waals surface area contributed by atoms with E-state index in [9.17, 15) is 28.8 Å². The van der Waals surface area contributed by atoms with Crippen LogP contribution in [0.2, 0.25) is 0 Å². The van der Waals surface area contributed by atoms with Crippen LogP contribution in [0, 0.1) is 70.5 Å². The molecule has 3 aliphatic carbocycles. The molecular weight excluding hydrogens is 1170 g/mol. The van der Waals surface area contributed by atoms with Gasteiger partial charge in [0, 0.05) is 73.9 Å². The average molecular weight is 1260 g/mol. The van der Waals surface area contributed by atoms with Gasteiger partial charge in [0.25, 0.3) is 0 Å². The fourth-order valence-corrected chi connectivity index (χ4v) is 17.9. The molecular formula is C64H95NO24. The number of carbonyl (C=O) groups excluding carboxylic acids is 6. The third kappa shape index (κ3) is 12.0. The average Bonchev–Trinajstić information content (AvgIpc) is 1.73. The fraction of sp³-hybridized carbons (Fsp3) is 0.906. The van der Waals surface area contributed by atoms with Crippen molar-refractivity contribution < 1.29 is 115 Å². The molecule has 0 unspecified atom stereocenters. The van der Waals surface area contributed by atoms with Gasteiger partial charge < -0.3 is 56.8 Å². The standard InChI is InChI=1S/C64H95NO24/c1-35-11-13-44-38(4)52(78-55-62(44)41(35)22-26-59(8,81-55)84-87-62)75-49(69)18-15-46(66)72-32-29-65(30-33-73-47(67)16-19-50(70)76-53-39(5)45-14-12-36(2)42-23-27-60(9)82-56(79-53)63(42,45)88-85-60)31-34-74-48(68)17-20-51(71)77-54-40(6)58(7)25-21-37(3)43-24-28-61(10)83-57(80-54)64(43,58)89-86-61/h35-45,52-57H,11-34H2,1-10H3/t35-,36-,37-,38-,39-,40+,41+,42+,43+,44+,45+,52-,53-,54-,55-,56-,57-,58+,59+,60+,61+,62-,63-,64+/m1/s1. The second-order valence-corrected chi connectivity index (χ2v) is 28.9. The van der Waals surface area contributed by atoms with E-state index in [0.717, 1.165) is 57.8 Å². The van der Waals surface area contributed by atoms with Crippen LogP contribution >= 0.6 is 0 Å². The molecule has 12 saturated heterocycles. The minimum Gasteiger partial charge on any atom is -0.464 e. The van der Waals surface area contributed by atoms with Crippen molar-refractivity contribution in [2.45, 2.75) is 257 Å². The Morgan fingerprint density at radius 1 is 0.393 bits per heavy atom. The van der Waals surface area contributed by atoms with Gasteiger partial charge in [0.2, 0.25) is 36.2 Å². The second kappa shape index (κ2) is 25.2. The first kappa shape index (κ1) is 65.4. The molecule has 12 aliphatic heterocycles. The summed E-state index contributed by atoms with van der Waals surface area (Å²) >= 11 is 0. The molecule has 25 nitrogen and oxygen atoms in total. The Hall–Kier alpha value is -3.70. The topological polar surface area (TPSA) is 272 Å². The van der Waals surface area contributed by atoms with Gasteiger partial charge in [0.15, 0.2) is 35.7 Å². The molecule has 15 rings (SSSR count). The van der Waals surface area contributed by atoms with E-state index in [4.69, 9.17) is 86.2 Å². The summed E-state index contributed by atoms with van der Waals surface area (Å²) in [6, 6.07) is 0. The molecule has 500 valence electrons. The summed E-state index contributed by atoms with van der Waals surface area (Å²) in [6.45, 7) is 20.2. The number of esters is 6. The van der Waals surface area contributed by atoms with E-state index in [-0.39, 0.29) is 125 Å². The molecule has 0 N–H and O–H groups in total. The van der Waals surface area contributed by atoms with Crippen LogP contribution in [0.15, 0.2) is 0 Å². The minimum atomic E-state index is -1.01. The van der Waals surface area contributed by atoms with Gasteiger partial charge >= 0.3 is 35.8 Å². The van der Waals surface area contributed by atoms with Crippen LogP contribution in [-0.4, -0.2) is 152 Å². The molecule has 3 spiro atoms. The molecule has 6 bridgehead atoms. The quantitative estimate of drug-likeness (QED) is 0.0600. The summed E-state index contributed by atoms with van der Waals surface area (Å²) in [5.41, 5.74) is -3.05. The van der Waals surface area contributed by atoms with Gasteiger partial charge in [0.1, 0.15) is 19.8 Å². The van der Waals surface area contributed by atoms with Crippen LogP contribution in [0.1, 0.15) is 185 Å². The predicted octanol–water partition coefficient (Wildman–Crippen LogP) is 7.90. The van der Waals surface area contributed by atoms with Crippen molar-refractivity contribution >= 4 is 35.8 Å². The molecule has 0 radical (unpaired) electrons. The highest BCUT2D eigenvalue weighted by Crippen LogP contribution is 2.67. The number of ether oxygens (including phenoxy) is 12. The van der Waals surface area contributed by atoms with Gasteiger partial charge in [-0.05, 0) is 114 Å². The molecule has 24 atom stereocenters. The van der Waals surface area contributed by atoms with Gasteiger partial charge in [-0.25, -0.2) is 29.3 Å². The first-order valence-corrected chi connectivity index (χ1v) is 33.2. The van der Waals surface area contributed by atoms with E-state index >= 15 is 0 Å². The predicted molar refractivity (Wildman–Crippen MR) is 300 cm³/mol. The highest BCUT2D eigenvalue weighted by atomic mass is 17.3. The lowest BCUT2D eigenvalue weighted by Crippen LogP contribution is -2.74. The Balaban J connectivity index is 0.609. The van der Waals surface area contributed by atoms with Crippen molar-refractivity contribution in [2.24, 2.45) is 70.5 Å². The molecule has 0 aromatic carbocycles. The minimum absolute atomic E-state index is 0.0564. The lowest BCUT2D eigenvalue weighted by Gasteiger charge is -2.65. The lowest BCUT2D eigenvalue weighted by atomic mass is 9.50. The first-order chi connectivity index (χ1) is 42.3. The van der Waals surface area contributed by atoms with Crippen molar-refractivity contribution in [3.63, 3.8) is 0 Å². The van der Waals surface area contributed by atoms with E-state index in [1.54, 1.807) is 4.90 Å². The zero-order valence-electron chi connectivity index (χ0n) is 53.5. The number of fused-ring (bicyclic) bond motifs is 6. The van der Waals surface area contributed by atoms with E-state index < -0.39 is 113 Å². The number of hydrogen-bond acceptors (Lipinski definition) is 25. The van der Waals surface area contributed by atoms with E-state index in [1.165, 1.54) is 0 Å². The van der Waals surface area contributed by atoms with Crippen LogP contribution in [0.4, 0.5) is 0 Å². The Kier molecular flexibility index (Phi) is 18.5. The molecule has 15 fully saturated rings. The van der Waals surface area contributed by atoms with E-state index in [0.29, 0.717) is 37.0 Å². The molecule has 15 aliphatic rings. The van der Waals surface area contributed by atoms with Crippen molar-refractivity contribution in [2.75, 3.05) is 39.5 Å². The number of carbonyl (C=O) groups is 6. The largest absolute Gasteiger partial charge is 0.464 e. The fourth-order valence-electron chi connectivity index (χ4n) is 17.9. The van der Waals surface area contributed by atoms with Crippen LogP contribution < -0.4 is 0 Å². The van der Waals surface area contributed by atoms with Crippen molar-refractivity contribution in [3.8, 4) is 0 Å². The molecule has 0 aromatic heterocycles. The third-order valence-electron chi connectivity index (χ3n) is 23.4. The van der Waals surface area contributed by atoms with Crippen LogP contribution in [0.5, 0.6) is 0 Å². The molecule has 0 aromatic rings. The van der Waals surface area contributed by atoms with E-state index in [1.807, 2.05) is 41.5 Å². The zero-order valence-corrected chi connectivity index (χ0v) is 53.5. The summed E-state index contributed by atoms with van der Waals surface area (Å²) in [7, 11) is 0. The third-order valence-corrected chi connectivity index (χ3v) is 23.4. The number of rotatable bonds is 21. The monoisotopic (exact) mass is 1260 g/mol. The Labute approximate surface area is 520 Å². The van der Waals surface area contributed by atoms with Gasteiger partial charge in [-0.15, -0.1) is 0 Å². The maximum atomic E-state index is 13.4. The molecule has 12 heterocycles. The summed E-state index contributed by atoms with van der Waals surface area (Å²) in [6.07, 6.45) is 2.95. The molecule has 3 saturated carbocycles. The Morgan fingerprint density at radius 2 is 0.764 bits per heavy atom. The molecule has 25 heteroatoms. The van der Waals surface area contributed by atoms with Crippen molar-refractivity contribution in [1.82, 2.24) is 4.90 Å². The summed E-state index contributed by atoms with van der Waals surface area (Å²) in [5, 5.41) is 0. The maximum Gasteiger partial charge on any atom is 0.308 e. The molecule has 0 amide bonds. The van der Waals surface area contributed by atoms with Crippen molar-refractivity contribution in [3.05, 3.63) is 0 Å². The lowest BCUT2D eigenvalue weighted by molar-refractivity contribution is -0.586. The van der Waals surface area contributed by atoms with Crippen LogP contribution in [0.25, 0.3) is 0 Å². The Morgan fingerprint density at radius 3 is 1.21 bits per heavy atom. The van der Waals surface area contributed by atoms with Crippen molar-refractivity contribution in [1.29, 1.82) is 0 Å². The summed E-state index contributed by atoms with van der Waals surface area (Å²) in [5.74, 6) is -6.30. The first-order valence-electron chi connectivity index (χ1n) is 33.2. The summed E-state index contributed by atoms with van der Waals surface area (Å²) in [4.78, 5) is 118. The maximum absolute atomic E-state index is 13.4. The van der Waals surface area contributed by atoms with Crippen LogP contribution in [-0.2, 0) is 115 Å². The highest BCUT2D eigenvalue weighted by molar-refractivity contribution is 5.79. The van der Waals surface area contributed by atoms with Gasteiger partial charge in [-0.3, -0.25) is 33.7 Å². The highest BCUT2D eigenvalue weighted by Gasteiger charge is 2.76. The summed E-state index contributed by atoms with van der Waals surface area (Å²) < 4.78 is 72.9. The smallest absolute Gasteiger partial charge is 0.308 e. The zero-order chi connectivity index (χ0) is 63.1. The van der Waals surface area contributed by atoms with Gasteiger partial charge in [0.05, 0.1) is 38.5 Å². The van der Waals surface area contributed by atoms with E-state index in [2.05, 4.69) is 27.7 Å². The number of hydrogen-bond donors (Lipinski definition) is 0. The van der Waals surface area contributed by atoms with Crippen LogP contribution in [0.3, 0.4) is 0 Å².